The summed E-state index contributed by atoms with van der Waals surface area (Å²) in [6.45, 7) is 3.07. The predicted molar refractivity (Wildman–Crippen MR) is 79.7 cm³/mol. The number of anilines is 1. The van der Waals surface area contributed by atoms with Gasteiger partial charge < -0.3 is 9.80 Å². The van der Waals surface area contributed by atoms with Crippen molar-refractivity contribution in [3.63, 3.8) is 0 Å². The third-order valence-electron chi connectivity index (χ3n) is 4.51. The Morgan fingerprint density at radius 3 is 2.65 bits per heavy atom. The molecule has 2 saturated heterocycles. The molecule has 20 heavy (non-hydrogen) atoms. The summed E-state index contributed by atoms with van der Waals surface area (Å²) in [7, 11) is 0. The number of aromatic nitrogens is 1. The number of hydrogen-bond acceptors (Lipinski definition) is 3. The molecule has 3 heterocycles. The van der Waals surface area contributed by atoms with Crippen molar-refractivity contribution in [3.05, 3.63) is 23.9 Å². The molecule has 0 aliphatic carbocycles. The second-order valence-electron chi connectivity index (χ2n) is 5.82. The van der Waals surface area contributed by atoms with E-state index in [1.165, 1.54) is 31.2 Å². The third kappa shape index (κ3) is 2.65. The molecule has 0 saturated carbocycles. The minimum absolute atomic E-state index is 0.222. The van der Waals surface area contributed by atoms with Crippen LogP contribution in [0.4, 0.5) is 5.82 Å². The van der Waals surface area contributed by atoms with Crippen LogP contribution in [0.2, 0.25) is 0 Å². The monoisotopic (exact) mass is 273 g/mol. The molecular weight excluding hydrogens is 250 g/mol. The van der Waals surface area contributed by atoms with Crippen molar-refractivity contribution < 1.29 is 4.79 Å². The zero-order valence-electron chi connectivity index (χ0n) is 12.0. The largest absolute Gasteiger partial charge is 0.356 e. The van der Waals surface area contributed by atoms with E-state index in [-0.39, 0.29) is 6.04 Å². The van der Waals surface area contributed by atoms with Crippen LogP contribution >= 0.6 is 0 Å². The first-order valence-electron chi connectivity index (χ1n) is 7.81. The minimum Gasteiger partial charge on any atom is -0.356 e. The fourth-order valence-corrected chi connectivity index (χ4v) is 3.47. The van der Waals surface area contributed by atoms with Gasteiger partial charge in [-0.15, -0.1) is 0 Å². The maximum absolute atomic E-state index is 11.2. The van der Waals surface area contributed by atoms with E-state index < -0.39 is 0 Å². The quantitative estimate of drug-likeness (QED) is 0.795. The topological polar surface area (TPSA) is 36.4 Å². The van der Waals surface area contributed by atoms with Crippen molar-refractivity contribution in [1.82, 2.24) is 9.88 Å². The first-order chi connectivity index (χ1) is 9.90. The Hall–Kier alpha value is -1.58. The smallest absolute Gasteiger partial charge is 0.210 e. The summed E-state index contributed by atoms with van der Waals surface area (Å²) < 4.78 is 0. The molecule has 2 aliphatic heterocycles. The summed E-state index contributed by atoms with van der Waals surface area (Å²) in [5.41, 5.74) is 1.24. The molecule has 1 aromatic heterocycles. The van der Waals surface area contributed by atoms with E-state index in [1.807, 2.05) is 17.2 Å². The Morgan fingerprint density at radius 2 is 1.90 bits per heavy atom. The molecule has 0 N–H and O–H groups in total. The van der Waals surface area contributed by atoms with Crippen molar-refractivity contribution in [1.29, 1.82) is 0 Å². The van der Waals surface area contributed by atoms with Gasteiger partial charge in [0.2, 0.25) is 6.41 Å². The first-order valence-corrected chi connectivity index (χ1v) is 7.81. The third-order valence-corrected chi connectivity index (χ3v) is 4.51. The van der Waals surface area contributed by atoms with Crippen molar-refractivity contribution in [2.24, 2.45) is 0 Å². The van der Waals surface area contributed by atoms with Gasteiger partial charge in [0.25, 0.3) is 0 Å². The molecule has 1 atom stereocenters. The summed E-state index contributed by atoms with van der Waals surface area (Å²) in [5.74, 6) is 1.10. The number of likely N-dealkylation sites (tertiary alicyclic amines) is 1. The summed E-state index contributed by atoms with van der Waals surface area (Å²) in [6, 6.07) is 4.37. The number of carbonyl (C=O) groups is 1. The van der Waals surface area contributed by atoms with Crippen molar-refractivity contribution in [2.45, 2.75) is 44.6 Å². The van der Waals surface area contributed by atoms with E-state index >= 15 is 0 Å². The van der Waals surface area contributed by atoms with Crippen LogP contribution in [0.5, 0.6) is 0 Å². The molecule has 1 aromatic rings. The van der Waals surface area contributed by atoms with Crippen molar-refractivity contribution in [3.8, 4) is 0 Å². The lowest BCUT2D eigenvalue weighted by Gasteiger charge is -2.28. The molecule has 108 valence electrons. The highest BCUT2D eigenvalue weighted by atomic mass is 16.1. The Morgan fingerprint density at radius 1 is 1.10 bits per heavy atom. The Balaban J connectivity index is 1.89. The van der Waals surface area contributed by atoms with Gasteiger partial charge in [0.15, 0.2) is 0 Å². The number of amides is 1. The molecule has 2 aliphatic rings. The zero-order valence-corrected chi connectivity index (χ0v) is 12.0. The molecule has 0 spiro atoms. The number of hydrogen-bond donors (Lipinski definition) is 0. The first kappa shape index (κ1) is 13.4. The minimum atomic E-state index is 0.222. The van der Waals surface area contributed by atoms with Gasteiger partial charge in [0, 0.05) is 31.4 Å². The fourth-order valence-electron chi connectivity index (χ4n) is 3.47. The van der Waals surface area contributed by atoms with Gasteiger partial charge in [0.05, 0.1) is 6.04 Å². The Labute approximate surface area is 120 Å². The molecule has 2 fully saturated rings. The van der Waals surface area contributed by atoms with Crippen molar-refractivity contribution >= 4 is 12.2 Å². The van der Waals surface area contributed by atoms with Crippen molar-refractivity contribution in [2.75, 3.05) is 24.5 Å². The van der Waals surface area contributed by atoms with Crippen LogP contribution in [-0.4, -0.2) is 35.9 Å². The maximum atomic E-state index is 11.2. The standard InChI is InChI=1S/C16H23N3O/c20-13-19-12-6-8-15(19)14-7-5-9-17-16(14)18-10-3-1-2-4-11-18/h5,7,9,13,15H,1-4,6,8,10-12H2/t15-/m0/s1. The predicted octanol–water partition coefficient (Wildman–Crippen LogP) is 2.76. The van der Waals surface area contributed by atoms with Crippen LogP contribution in [0.25, 0.3) is 0 Å². The molecule has 1 amide bonds. The zero-order chi connectivity index (χ0) is 13.8. The van der Waals surface area contributed by atoms with E-state index in [0.717, 1.165) is 44.7 Å². The lowest BCUT2D eigenvalue weighted by Crippen LogP contribution is -2.29. The molecule has 4 heteroatoms. The number of carbonyl (C=O) groups excluding carboxylic acids is 1. The highest BCUT2D eigenvalue weighted by Gasteiger charge is 2.28. The number of pyridine rings is 1. The van der Waals surface area contributed by atoms with Crippen LogP contribution in [0, 0.1) is 0 Å². The van der Waals surface area contributed by atoms with Gasteiger partial charge in [-0.25, -0.2) is 4.98 Å². The summed E-state index contributed by atoms with van der Waals surface area (Å²) in [4.78, 5) is 20.2. The second-order valence-corrected chi connectivity index (χ2v) is 5.82. The van der Waals surface area contributed by atoms with Gasteiger partial charge in [0.1, 0.15) is 5.82 Å². The van der Waals surface area contributed by atoms with Gasteiger partial charge >= 0.3 is 0 Å². The summed E-state index contributed by atoms with van der Waals surface area (Å²) in [5, 5.41) is 0. The Bertz CT molecular complexity index is 455. The molecule has 4 nitrogen and oxygen atoms in total. The van der Waals surface area contributed by atoms with Crippen LogP contribution in [0.3, 0.4) is 0 Å². The average molecular weight is 273 g/mol. The Kier molecular flexibility index (Phi) is 4.19. The summed E-state index contributed by atoms with van der Waals surface area (Å²) >= 11 is 0. The molecule has 0 unspecified atom stereocenters. The average Bonchev–Trinajstić information content (AvgIpc) is 2.81. The van der Waals surface area contributed by atoms with E-state index in [4.69, 9.17) is 0 Å². The SMILES string of the molecule is O=CN1CCC[C@H]1c1cccnc1N1CCCCCC1. The normalized spacial score (nSPS) is 23.7. The molecular formula is C16H23N3O. The van der Waals surface area contributed by atoms with Crippen LogP contribution in [-0.2, 0) is 4.79 Å². The molecule has 0 bridgehead atoms. The van der Waals surface area contributed by atoms with Gasteiger partial charge in [-0.2, -0.15) is 0 Å². The van der Waals surface area contributed by atoms with E-state index in [1.54, 1.807) is 0 Å². The molecule has 3 rings (SSSR count). The summed E-state index contributed by atoms with van der Waals surface area (Å²) in [6.07, 6.45) is 10.2. The number of rotatable bonds is 3. The van der Waals surface area contributed by atoms with Gasteiger partial charge in [-0.05, 0) is 31.7 Å². The molecule has 0 radical (unpaired) electrons. The fraction of sp³-hybridized carbons (Fsp3) is 0.625. The van der Waals surface area contributed by atoms with E-state index in [9.17, 15) is 4.79 Å². The highest BCUT2D eigenvalue weighted by Crippen LogP contribution is 2.35. The van der Waals surface area contributed by atoms with Crippen LogP contribution < -0.4 is 4.90 Å². The van der Waals surface area contributed by atoms with E-state index in [2.05, 4.69) is 16.0 Å². The van der Waals surface area contributed by atoms with Crippen LogP contribution in [0.1, 0.15) is 50.1 Å². The lowest BCUT2D eigenvalue weighted by molar-refractivity contribution is -0.118. The number of nitrogens with zero attached hydrogens (tertiary/aromatic N) is 3. The van der Waals surface area contributed by atoms with E-state index in [0.29, 0.717) is 0 Å². The maximum Gasteiger partial charge on any atom is 0.210 e. The highest BCUT2D eigenvalue weighted by molar-refractivity contribution is 5.54. The molecule has 0 aromatic carbocycles. The van der Waals surface area contributed by atoms with Gasteiger partial charge in [-0.3, -0.25) is 4.79 Å². The second kappa shape index (κ2) is 6.25. The van der Waals surface area contributed by atoms with Gasteiger partial charge in [-0.1, -0.05) is 18.9 Å². The van der Waals surface area contributed by atoms with Crippen LogP contribution in [0.15, 0.2) is 18.3 Å². The lowest BCUT2D eigenvalue weighted by atomic mass is 10.0.